The molecule has 0 aliphatic heterocycles. The molecule has 0 saturated heterocycles. The molecule has 8 heteroatoms. The monoisotopic (exact) mass is 351 g/mol. The van der Waals surface area contributed by atoms with Gasteiger partial charge in [0.1, 0.15) is 12.2 Å². The Hall–Kier alpha value is -2.22. The first kappa shape index (κ1) is 15.2. The first-order valence-electron chi connectivity index (χ1n) is 6.18. The zero-order chi connectivity index (χ0) is 15.2. The Morgan fingerprint density at radius 2 is 2.24 bits per heavy atom. The number of halogens is 1. The summed E-state index contributed by atoms with van der Waals surface area (Å²) in [6.07, 6.45) is 1.38. The summed E-state index contributed by atoms with van der Waals surface area (Å²) in [5, 5.41) is 8.97. The molecule has 0 spiro atoms. The Morgan fingerprint density at radius 3 is 2.90 bits per heavy atom. The number of carbonyl (C=O) groups excluding carboxylic acids is 2. The molecule has 0 unspecified atom stereocenters. The summed E-state index contributed by atoms with van der Waals surface area (Å²) < 4.78 is 0.809. The van der Waals surface area contributed by atoms with Gasteiger partial charge < -0.3 is 10.2 Å². The van der Waals surface area contributed by atoms with Crippen LogP contribution in [0, 0.1) is 0 Å². The molecule has 0 bridgehead atoms. The molecule has 110 valence electrons. The molecule has 2 N–H and O–H groups in total. The number of hydrogen-bond acceptors (Lipinski definition) is 4. The highest BCUT2D eigenvalue weighted by Gasteiger charge is 2.13. The first-order chi connectivity index (χ1) is 10.1. The second-order valence-electron chi connectivity index (χ2n) is 4.37. The molecule has 2 rings (SSSR count). The quantitative estimate of drug-likeness (QED) is 0.839. The maximum absolute atomic E-state index is 11.9. The van der Waals surface area contributed by atoms with Gasteiger partial charge in [0.25, 0.3) is 5.91 Å². The lowest BCUT2D eigenvalue weighted by molar-refractivity contribution is -0.129. The normalized spacial score (nSPS) is 10.2. The summed E-state index contributed by atoms with van der Waals surface area (Å²) in [7, 11) is 1.64. The van der Waals surface area contributed by atoms with Gasteiger partial charge in [-0.3, -0.25) is 14.7 Å². The number of benzene rings is 1. The predicted octanol–water partition coefficient (Wildman–Crippen LogP) is 0.956. The maximum Gasteiger partial charge on any atom is 0.251 e. The van der Waals surface area contributed by atoms with Crippen molar-refractivity contribution in [2.45, 2.75) is 6.54 Å². The Kier molecular flexibility index (Phi) is 5.04. The Bertz CT molecular complexity index is 629. The van der Waals surface area contributed by atoms with Crippen LogP contribution in [-0.4, -0.2) is 45.5 Å². The van der Waals surface area contributed by atoms with Crippen LogP contribution >= 0.6 is 15.9 Å². The maximum atomic E-state index is 11.9. The largest absolute Gasteiger partial charge is 0.343 e. The lowest BCUT2D eigenvalue weighted by Gasteiger charge is -2.15. The van der Waals surface area contributed by atoms with Crippen molar-refractivity contribution in [3.63, 3.8) is 0 Å². The number of aromatic nitrogens is 3. The van der Waals surface area contributed by atoms with Crippen molar-refractivity contribution in [3.05, 3.63) is 46.5 Å². The second kappa shape index (κ2) is 6.98. The van der Waals surface area contributed by atoms with Crippen molar-refractivity contribution in [2.24, 2.45) is 0 Å². The van der Waals surface area contributed by atoms with Gasteiger partial charge in [-0.25, -0.2) is 4.98 Å². The summed E-state index contributed by atoms with van der Waals surface area (Å²) in [6, 6.07) is 6.96. The highest BCUT2D eigenvalue weighted by Crippen LogP contribution is 2.11. The third kappa shape index (κ3) is 4.38. The number of hydrogen-bond donors (Lipinski definition) is 2. The minimum atomic E-state index is -0.294. The minimum absolute atomic E-state index is 0.0734. The van der Waals surface area contributed by atoms with Crippen molar-refractivity contribution < 1.29 is 9.59 Å². The molecule has 0 aliphatic carbocycles. The second-order valence-corrected chi connectivity index (χ2v) is 5.29. The van der Waals surface area contributed by atoms with Crippen molar-refractivity contribution in [1.82, 2.24) is 25.4 Å². The SMILES string of the molecule is CN(Cc1ncn[nH]1)C(=O)CNC(=O)c1cccc(Br)c1. The van der Waals surface area contributed by atoms with E-state index in [1.54, 1.807) is 25.2 Å². The predicted molar refractivity (Wildman–Crippen MR) is 79.3 cm³/mol. The summed E-state index contributed by atoms with van der Waals surface area (Å²) in [5.41, 5.74) is 0.495. The van der Waals surface area contributed by atoms with Crippen LogP contribution < -0.4 is 5.32 Å². The van der Waals surface area contributed by atoms with E-state index in [2.05, 4.69) is 36.4 Å². The summed E-state index contributed by atoms with van der Waals surface area (Å²) in [4.78, 5) is 29.2. The molecule has 1 aromatic carbocycles. The van der Waals surface area contributed by atoms with E-state index >= 15 is 0 Å². The van der Waals surface area contributed by atoms with E-state index in [9.17, 15) is 9.59 Å². The molecule has 21 heavy (non-hydrogen) atoms. The van der Waals surface area contributed by atoms with E-state index in [4.69, 9.17) is 0 Å². The smallest absolute Gasteiger partial charge is 0.251 e. The van der Waals surface area contributed by atoms with Crippen LogP contribution in [0.4, 0.5) is 0 Å². The van der Waals surface area contributed by atoms with E-state index in [0.717, 1.165) is 4.47 Å². The molecular formula is C13H14BrN5O2. The molecule has 2 amide bonds. The van der Waals surface area contributed by atoms with Gasteiger partial charge in [0.2, 0.25) is 5.91 Å². The number of H-pyrrole nitrogens is 1. The van der Waals surface area contributed by atoms with E-state index in [1.807, 2.05) is 6.07 Å². The molecule has 1 aromatic heterocycles. The van der Waals surface area contributed by atoms with Crippen LogP contribution in [0.1, 0.15) is 16.2 Å². The number of carbonyl (C=O) groups is 2. The number of rotatable bonds is 5. The lowest BCUT2D eigenvalue weighted by Crippen LogP contribution is -2.38. The summed E-state index contributed by atoms with van der Waals surface area (Å²) in [6.45, 7) is 0.238. The fourth-order valence-electron chi connectivity index (χ4n) is 1.64. The molecular weight excluding hydrogens is 338 g/mol. The fraction of sp³-hybridized carbons (Fsp3) is 0.231. The van der Waals surface area contributed by atoms with Gasteiger partial charge in [-0.05, 0) is 18.2 Å². The molecule has 0 atom stereocenters. The molecule has 0 saturated carbocycles. The van der Waals surface area contributed by atoms with Crippen LogP contribution in [-0.2, 0) is 11.3 Å². The van der Waals surface area contributed by atoms with Gasteiger partial charge in [0.15, 0.2) is 0 Å². The van der Waals surface area contributed by atoms with Gasteiger partial charge >= 0.3 is 0 Å². The summed E-state index contributed by atoms with van der Waals surface area (Å²) in [5.74, 6) is 0.0802. The van der Waals surface area contributed by atoms with Crippen molar-refractivity contribution >= 4 is 27.7 Å². The van der Waals surface area contributed by atoms with E-state index in [-0.39, 0.29) is 18.4 Å². The Balaban J connectivity index is 1.84. The van der Waals surface area contributed by atoms with E-state index in [0.29, 0.717) is 17.9 Å². The van der Waals surface area contributed by atoms with Crippen LogP contribution in [0.3, 0.4) is 0 Å². The molecule has 0 aliphatic rings. The fourth-order valence-corrected chi connectivity index (χ4v) is 2.04. The molecule has 1 heterocycles. The van der Waals surface area contributed by atoms with Gasteiger partial charge in [-0.15, -0.1) is 0 Å². The Morgan fingerprint density at radius 1 is 1.43 bits per heavy atom. The number of likely N-dealkylation sites (N-methyl/N-ethyl adjacent to an activating group) is 1. The van der Waals surface area contributed by atoms with E-state index in [1.165, 1.54) is 11.2 Å². The standard InChI is InChI=1S/C13H14BrN5O2/c1-19(7-11-16-8-17-18-11)12(20)6-15-13(21)9-3-2-4-10(14)5-9/h2-5,8H,6-7H2,1H3,(H,15,21)(H,16,17,18). The lowest BCUT2D eigenvalue weighted by atomic mass is 10.2. The zero-order valence-electron chi connectivity index (χ0n) is 11.3. The highest BCUT2D eigenvalue weighted by molar-refractivity contribution is 9.10. The number of nitrogens with zero attached hydrogens (tertiary/aromatic N) is 3. The van der Waals surface area contributed by atoms with Crippen LogP contribution in [0.5, 0.6) is 0 Å². The van der Waals surface area contributed by atoms with Gasteiger partial charge in [0, 0.05) is 17.1 Å². The molecule has 2 aromatic rings. The van der Waals surface area contributed by atoms with Crippen LogP contribution in [0.25, 0.3) is 0 Å². The van der Waals surface area contributed by atoms with Crippen LogP contribution in [0.2, 0.25) is 0 Å². The topological polar surface area (TPSA) is 91.0 Å². The average molecular weight is 352 g/mol. The number of amides is 2. The minimum Gasteiger partial charge on any atom is -0.343 e. The molecule has 7 nitrogen and oxygen atoms in total. The van der Waals surface area contributed by atoms with E-state index < -0.39 is 0 Å². The summed E-state index contributed by atoms with van der Waals surface area (Å²) >= 11 is 3.30. The molecule has 0 radical (unpaired) electrons. The van der Waals surface area contributed by atoms with Crippen molar-refractivity contribution in [3.8, 4) is 0 Å². The van der Waals surface area contributed by atoms with Crippen LogP contribution in [0.15, 0.2) is 35.1 Å². The van der Waals surface area contributed by atoms with Gasteiger partial charge in [-0.1, -0.05) is 22.0 Å². The third-order valence-electron chi connectivity index (χ3n) is 2.76. The first-order valence-corrected chi connectivity index (χ1v) is 6.97. The van der Waals surface area contributed by atoms with Gasteiger partial charge in [-0.2, -0.15) is 5.10 Å². The van der Waals surface area contributed by atoms with Crippen molar-refractivity contribution in [2.75, 3.05) is 13.6 Å². The third-order valence-corrected chi connectivity index (χ3v) is 3.26. The molecule has 0 fully saturated rings. The average Bonchev–Trinajstić information content (AvgIpc) is 2.97. The van der Waals surface area contributed by atoms with Crippen molar-refractivity contribution in [1.29, 1.82) is 0 Å². The number of nitrogens with one attached hydrogen (secondary N) is 2. The highest BCUT2D eigenvalue weighted by atomic mass is 79.9. The Labute approximate surface area is 129 Å². The van der Waals surface area contributed by atoms with Gasteiger partial charge in [0.05, 0.1) is 13.1 Å². The number of aromatic amines is 1. The zero-order valence-corrected chi connectivity index (χ0v) is 12.9.